The van der Waals surface area contributed by atoms with Crippen molar-refractivity contribution in [2.75, 3.05) is 19.6 Å². The minimum Gasteiger partial charge on any atom is -0.311 e. The number of para-hydroxylation sites is 5. The van der Waals surface area contributed by atoms with Gasteiger partial charge in [-0.25, -0.2) is 9.97 Å². The second kappa shape index (κ2) is 12.8. The van der Waals surface area contributed by atoms with Crippen LogP contribution >= 0.6 is 0 Å². The van der Waals surface area contributed by atoms with Gasteiger partial charge in [0.2, 0.25) is 0 Å². The van der Waals surface area contributed by atoms with Crippen LogP contribution in [0.4, 0.5) is 68.5 Å². The number of nitrogens with zero attached hydrogens (tertiary/aromatic N) is 6. The van der Waals surface area contributed by atoms with E-state index in [2.05, 4.69) is 214 Å². The maximum absolute atomic E-state index is 5.27. The molecule has 60 heavy (non-hydrogen) atoms. The van der Waals surface area contributed by atoms with Crippen LogP contribution < -0.4 is 52.4 Å². The van der Waals surface area contributed by atoms with Gasteiger partial charge in [0.25, 0.3) is 13.4 Å². The molecule has 0 amide bonds. The maximum Gasteiger partial charge on any atom is 0.256 e. The van der Waals surface area contributed by atoms with Crippen LogP contribution in [0, 0.1) is 0 Å². The Morgan fingerprint density at radius 2 is 0.733 bits per heavy atom. The van der Waals surface area contributed by atoms with E-state index in [1.165, 1.54) is 44.4 Å². The summed E-state index contributed by atoms with van der Waals surface area (Å²) in [5, 5.41) is 0. The SMILES string of the molecule is c1ccc(N2c3ccccc3B3c4cc5c(cc4N(c4ccccc4)c4cccc2c43)N(c2ccccc2)c2nccc3c2B5c2cccnc2N3c2ccccc2)cc1. The molecule has 4 aliphatic heterocycles. The molecule has 0 aliphatic carbocycles. The molecule has 9 aromatic rings. The number of rotatable bonds is 4. The molecule has 6 heterocycles. The van der Waals surface area contributed by atoms with Crippen LogP contribution in [0.25, 0.3) is 0 Å². The molecule has 0 bridgehead atoms. The third-order valence-electron chi connectivity index (χ3n) is 12.7. The van der Waals surface area contributed by atoms with Gasteiger partial charge in [-0.15, -0.1) is 0 Å². The predicted octanol–water partition coefficient (Wildman–Crippen LogP) is 8.64. The molecule has 7 aromatic carbocycles. The summed E-state index contributed by atoms with van der Waals surface area (Å²) in [6.07, 6.45) is 3.88. The van der Waals surface area contributed by atoms with E-state index < -0.39 is 0 Å². The van der Waals surface area contributed by atoms with Crippen LogP contribution in [-0.2, 0) is 0 Å². The average Bonchev–Trinajstić information content (AvgIpc) is 3.32. The Bertz CT molecular complexity index is 2940. The fourth-order valence-corrected chi connectivity index (χ4v) is 10.4. The number of aromatic nitrogens is 2. The zero-order chi connectivity index (χ0) is 39.3. The quantitative estimate of drug-likeness (QED) is 0.167. The molecule has 0 fully saturated rings. The van der Waals surface area contributed by atoms with Crippen molar-refractivity contribution in [1.82, 2.24) is 9.97 Å². The van der Waals surface area contributed by atoms with Crippen LogP contribution in [0.3, 0.4) is 0 Å². The highest BCUT2D eigenvalue weighted by molar-refractivity contribution is 7.03. The first-order chi connectivity index (χ1) is 29.8. The van der Waals surface area contributed by atoms with E-state index in [-0.39, 0.29) is 13.4 Å². The van der Waals surface area contributed by atoms with Crippen LogP contribution in [0.15, 0.2) is 207 Å². The zero-order valence-corrected chi connectivity index (χ0v) is 32.5. The lowest BCUT2D eigenvalue weighted by Crippen LogP contribution is -2.65. The molecule has 0 N–H and O–H groups in total. The summed E-state index contributed by atoms with van der Waals surface area (Å²) in [5.74, 6) is 1.87. The monoisotopic (exact) mass is 764 g/mol. The van der Waals surface area contributed by atoms with E-state index in [1.807, 2.05) is 12.4 Å². The van der Waals surface area contributed by atoms with Crippen molar-refractivity contribution in [2.24, 2.45) is 0 Å². The molecule has 8 heteroatoms. The van der Waals surface area contributed by atoms with E-state index in [1.54, 1.807) is 0 Å². The molecule has 0 radical (unpaired) electrons. The molecule has 13 rings (SSSR count). The highest BCUT2D eigenvalue weighted by Crippen LogP contribution is 2.47. The van der Waals surface area contributed by atoms with Gasteiger partial charge in [0, 0.05) is 69.3 Å². The second-order valence-electron chi connectivity index (χ2n) is 15.8. The molecular weight excluding hydrogens is 730 g/mol. The third-order valence-corrected chi connectivity index (χ3v) is 12.7. The summed E-state index contributed by atoms with van der Waals surface area (Å²) in [6, 6.07) is 70.3. The maximum atomic E-state index is 5.27. The summed E-state index contributed by atoms with van der Waals surface area (Å²) in [6.45, 7) is -0.139. The molecule has 6 nitrogen and oxygen atoms in total. The van der Waals surface area contributed by atoms with Gasteiger partial charge in [-0.05, 0) is 118 Å². The summed E-state index contributed by atoms with van der Waals surface area (Å²) in [7, 11) is 0. The molecule has 0 unspecified atom stereocenters. The average molecular weight is 765 g/mol. The second-order valence-corrected chi connectivity index (χ2v) is 15.8. The van der Waals surface area contributed by atoms with Crippen LogP contribution in [-0.4, -0.2) is 23.4 Å². The number of benzene rings is 7. The first kappa shape index (κ1) is 33.2. The fraction of sp³-hybridized carbons (Fsp3) is 0. The van der Waals surface area contributed by atoms with Crippen molar-refractivity contribution in [3.63, 3.8) is 0 Å². The van der Waals surface area contributed by atoms with Crippen molar-refractivity contribution in [2.45, 2.75) is 0 Å². The molecule has 0 saturated carbocycles. The molecular formula is C52H34B2N6. The molecule has 278 valence electrons. The van der Waals surface area contributed by atoms with E-state index in [9.17, 15) is 0 Å². The highest BCUT2D eigenvalue weighted by Gasteiger charge is 2.48. The lowest BCUT2D eigenvalue weighted by molar-refractivity contribution is 1.15. The zero-order valence-electron chi connectivity index (χ0n) is 32.5. The Kier molecular flexibility index (Phi) is 7.10. The standard InChI is InChI=1S/C52H34B2N6/c1-5-17-35(18-6-1)57-43-27-14-13-25-39(43)53-41-33-42-48(34-47(41)58(36-19-7-2-8-20-36)45-29-15-28-44(57)49(45)53)60(38-23-11-4-12-24-38)52-50-46(30-32-56-52)59(37-21-9-3-10-22-37)51-40(54(42)50)26-16-31-55-51/h1-34H. The summed E-state index contributed by atoms with van der Waals surface area (Å²) in [4.78, 5) is 20.0. The molecule has 0 saturated heterocycles. The van der Waals surface area contributed by atoms with Gasteiger partial charge in [0.05, 0.1) is 0 Å². The summed E-state index contributed by atoms with van der Waals surface area (Å²) >= 11 is 0. The van der Waals surface area contributed by atoms with Gasteiger partial charge in [0.15, 0.2) is 0 Å². The van der Waals surface area contributed by atoms with Gasteiger partial charge in [-0.3, -0.25) is 9.80 Å². The van der Waals surface area contributed by atoms with Gasteiger partial charge in [0.1, 0.15) is 11.6 Å². The number of anilines is 12. The number of hydrogen-bond donors (Lipinski definition) is 0. The van der Waals surface area contributed by atoms with Crippen molar-refractivity contribution in [3.05, 3.63) is 207 Å². The smallest absolute Gasteiger partial charge is 0.256 e. The Morgan fingerprint density at radius 3 is 1.37 bits per heavy atom. The Labute approximate surface area is 349 Å². The summed E-state index contributed by atoms with van der Waals surface area (Å²) in [5.41, 5.74) is 18.8. The Hall–Kier alpha value is -7.83. The van der Waals surface area contributed by atoms with E-state index in [0.717, 1.165) is 56.9 Å². The van der Waals surface area contributed by atoms with Crippen LogP contribution in [0.2, 0.25) is 0 Å². The number of fused-ring (bicyclic) bond motifs is 8. The van der Waals surface area contributed by atoms with E-state index in [4.69, 9.17) is 9.97 Å². The number of pyridine rings is 2. The van der Waals surface area contributed by atoms with Crippen molar-refractivity contribution >= 4 is 115 Å². The van der Waals surface area contributed by atoms with Crippen molar-refractivity contribution < 1.29 is 0 Å². The summed E-state index contributed by atoms with van der Waals surface area (Å²) < 4.78 is 0. The predicted molar refractivity (Wildman–Crippen MR) is 250 cm³/mol. The van der Waals surface area contributed by atoms with Gasteiger partial charge in [-0.2, -0.15) is 0 Å². The highest BCUT2D eigenvalue weighted by atomic mass is 15.2. The molecule has 0 spiro atoms. The van der Waals surface area contributed by atoms with Gasteiger partial charge < -0.3 is 9.80 Å². The first-order valence-corrected chi connectivity index (χ1v) is 20.6. The minimum absolute atomic E-state index is 0.0228. The third kappa shape index (κ3) is 4.61. The van der Waals surface area contributed by atoms with Gasteiger partial charge in [-0.1, -0.05) is 109 Å². The van der Waals surface area contributed by atoms with Crippen LogP contribution in [0.5, 0.6) is 0 Å². The molecule has 0 atom stereocenters. The van der Waals surface area contributed by atoms with Gasteiger partial charge >= 0.3 is 0 Å². The van der Waals surface area contributed by atoms with E-state index >= 15 is 0 Å². The lowest BCUT2D eigenvalue weighted by atomic mass is 9.30. The van der Waals surface area contributed by atoms with Crippen LogP contribution in [0.1, 0.15) is 0 Å². The normalized spacial score (nSPS) is 13.8. The largest absolute Gasteiger partial charge is 0.311 e. The molecule has 2 aromatic heterocycles. The lowest BCUT2D eigenvalue weighted by Gasteiger charge is -2.46. The first-order valence-electron chi connectivity index (χ1n) is 20.6. The van der Waals surface area contributed by atoms with Crippen molar-refractivity contribution in [3.8, 4) is 0 Å². The Balaban J connectivity index is 1.14. The molecule has 4 aliphatic rings. The fourth-order valence-electron chi connectivity index (χ4n) is 10.4. The number of hydrogen-bond acceptors (Lipinski definition) is 6. The minimum atomic E-state index is -0.117. The topological polar surface area (TPSA) is 38.7 Å². The van der Waals surface area contributed by atoms with Crippen molar-refractivity contribution in [1.29, 1.82) is 0 Å². The van der Waals surface area contributed by atoms with E-state index in [0.29, 0.717) is 0 Å². The Morgan fingerprint density at radius 1 is 0.283 bits per heavy atom.